The van der Waals surface area contributed by atoms with Crippen LogP contribution in [0.1, 0.15) is 11.5 Å². The van der Waals surface area contributed by atoms with E-state index < -0.39 is 0 Å². The highest BCUT2D eigenvalue weighted by Gasteiger charge is 2.25. The lowest BCUT2D eigenvalue weighted by molar-refractivity contribution is -1.02. The Morgan fingerprint density at radius 2 is 1.58 bits per heavy atom. The molecule has 3 aromatic rings. The molecule has 1 aliphatic rings. The van der Waals surface area contributed by atoms with E-state index in [1.165, 1.54) is 10.5 Å². The van der Waals surface area contributed by atoms with Crippen molar-refractivity contribution in [3.63, 3.8) is 0 Å². The Bertz CT molecular complexity index is 844. The van der Waals surface area contributed by atoms with Crippen molar-refractivity contribution < 1.29 is 14.2 Å². The van der Waals surface area contributed by atoms with Gasteiger partial charge in [0.05, 0.1) is 0 Å². The van der Waals surface area contributed by atoms with E-state index in [0.717, 1.165) is 55.7 Å². The van der Waals surface area contributed by atoms with Gasteiger partial charge in [-0.3, -0.25) is 0 Å². The third-order valence-electron chi connectivity index (χ3n) is 4.90. The van der Waals surface area contributed by atoms with E-state index >= 15 is 0 Å². The number of hydrogen-bond donors (Lipinski definition) is 2. The molecule has 1 aromatic heterocycles. The van der Waals surface area contributed by atoms with Gasteiger partial charge in [-0.2, -0.15) is 0 Å². The average molecular weight is 371 g/mol. The van der Waals surface area contributed by atoms with Gasteiger partial charge in [0.2, 0.25) is 5.89 Å². The van der Waals surface area contributed by atoms with Crippen LogP contribution in [0.15, 0.2) is 59.0 Å². The summed E-state index contributed by atoms with van der Waals surface area (Å²) in [6.45, 7) is 6.33. The second-order valence-corrected chi connectivity index (χ2v) is 7.29. The predicted molar refractivity (Wildman–Crippen MR) is 100.0 cm³/mol. The second kappa shape index (κ2) is 7.99. The largest absolute Gasteiger partial charge is 0.415 e. The van der Waals surface area contributed by atoms with Gasteiger partial charge >= 0.3 is 0 Å². The molecular weight excluding hydrogens is 348 g/mol. The normalized spacial score (nSPS) is 20.2. The van der Waals surface area contributed by atoms with Crippen LogP contribution in [0, 0.1) is 0 Å². The number of piperazine rings is 1. The molecule has 5 nitrogen and oxygen atoms in total. The smallest absolute Gasteiger partial charge is 0.271 e. The summed E-state index contributed by atoms with van der Waals surface area (Å²) in [6.07, 6.45) is 0. The number of benzene rings is 2. The van der Waals surface area contributed by atoms with E-state index in [1.807, 2.05) is 42.5 Å². The molecule has 1 fully saturated rings. The Hall–Kier alpha value is -2.21. The van der Waals surface area contributed by atoms with Crippen molar-refractivity contribution in [2.24, 2.45) is 0 Å². The minimum Gasteiger partial charge on any atom is -0.415 e. The Morgan fingerprint density at radius 3 is 2.31 bits per heavy atom. The van der Waals surface area contributed by atoms with Crippen molar-refractivity contribution in [3.8, 4) is 11.5 Å². The first-order valence-electron chi connectivity index (χ1n) is 9.05. The quantitative estimate of drug-likeness (QED) is 0.700. The van der Waals surface area contributed by atoms with Gasteiger partial charge in [-0.1, -0.05) is 41.9 Å². The van der Waals surface area contributed by atoms with Crippen LogP contribution in [0.2, 0.25) is 5.02 Å². The maximum Gasteiger partial charge on any atom is 0.271 e. The third-order valence-corrected chi connectivity index (χ3v) is 5.13. The molecule has 6 heteroatoms. The SMILES string of the molecule is Clc1cccc(C[NH+]2CC[NH+](Cc3nnc(-c4ccccc4)o3)CC2)c1. The molecule has 0 bridgehead atoms. The van der Waals surface area contributed by atoms with Crippen molar-refractivity contribution >= 4 is 11.6 Å². The Morgan fingerprint density at radius 1 is 0.846 bits per heavy atom. The highest BCUT2D eigenvalue weighted by molar-refractivity contribution is 6.30. The van der Waals surface area contributed by atoms with Crippen LogP contribution in [-0.4, -0.2) is 36.4 Å². The summed E-state index contributed by atoms with van der Waals surface area (Å²) in [5.74, 6) is 1.32. The van der Waals surface area contributed by atoms with Crippen LogP contribution in [0.25, 0.3) is 11.5 Å². The van der Waals surface area contributed by atoms with E-state index in [-0.39, 0.29) is 0 Å². The molecule has 134 valence electrons. The number of aromatic nitrogens is 2. The molecule has 1 aliphatic heterocycles. The van der Waals surface area contributed by atoms with E-state index in [0.29, 0.717) is 5.89 Å². The number of nitrogens with one attached hydrogen (secondary N) is 2. The summed E-state index contributed by atoms with van der Waals surface area (Å²) in [7, 11) is 0. The van der Waals surface area contributed by atoms with Crippen molar-refractivity contribution in [1.29, 1.82) is 0 Å². The minimum atomic E-state index is 0.602. The standard InChI is InChI=1S/C20H21ClN4O/c21-18-8-4-5-16(13-18)14-24-9-11-25(12-10-24)15-19-22-23-20(26-19)17-6-2-1-3-7-17/h1-8,13H,9-12,14-15H2/p+2. The molecule has 0 unspecified atom stereocenters. The monoisotopic (exact) mass is 370 g/mol. The molecule has 2 aromatic carbocycles. The van der Waals surface area contributed by atoms with Crippen LogP contribution in [-0.2, 0) is 13.1 Å². The van der Waals surface area contributed by atoms with Gasteiger partial charge in [-0.15, -0.1) is 10.2 Å². The van der Waals surface area contributed by atoms with Crippen molar-refractivity contribution in [2.75, 3.05) is 26.2 Å². The Balaban J connectivity index is 1.29. The van der Waals surface area contributed by atoms with Crippen LogP contribution in [0.5, 0.6) is 0 Å². The Labute approximate surface area is 158 Å². The highest BCUT2D eigenvalue weighted by Crippen LogP contribution is 2.16. The maximum absolute atomic E-state index is 6.09. The van der Waals surface area contributed by atoms with Crippen LogP contribution in [0.4, 0.5) is 0 Å². The van der Waals surface area contributed by atoms with Gasteiger partial charge in [0.15, 0.2) is 6.54 Å². The summed E-state index contributed by atoms with van der Waals surface area (Å²) in [5, 5.41) is 9.22. The van der Waals surface area contributed by atoms with Crippen molar-refractivity contribution in [1.82, 2.24) is 10.2 Å². The number of nitrogens with zero attached hydrogens (tertiary/aromatic N) is 2. The topological polar surface area (TPSA) is 47.8 Å². The zero-order valence-corrected chi connectivity index (χ0v) is 15.4. The molecule has 2 heterocycles. The third kappa shape index (κ3) is 4.30. The summed E-state index contributed by atoms with van der Waals surface area (Å²) in [4.78, 5) is 3.11. The molecule has 0 atom stereocenters. The number of hydrogen-bond acceptors (Lipinski definition) is 3. The first kappa shape index (κ1) is 17.2. The van der Waals surface area contributed by atoms with E-state index in [4.69, 9.17) is 16.0 Å². The van der Waals surface area contributed by atoms with E-state index in [9.17, 15) is 0 Å². The van der Waals surface area contributed by atoms with Gasteiger partial charge in [0.25, 0.3) is 5.89 Å². The molecule has 0 radical (unpaired) electrons. The molecular formula is C20H23ClN4O+2. The highest BCUT2D eigenvalue weighted by atomic mass is 35.5. The fourth-order valence-electron chi connectivity index (χ4n) is 3.48. The second-order valence-electron chi connectivity index (χ2n) is 6.85. The van der Waals surface area contributed by atoms with Crippen LogP contribution >= 0.6 is 11.6 Å². The van der Waals surface area contributed by atoms with Gasteiger partial charge < -0.3 is 14.2 Å². The Kier molecular flexibility index (Phi) is 5.29. The molecule has 0 spiro atoms. The molecule has 1 saturated heterocycles. The number of halogens is 1. The molecule has 0 aliphatic carbocycles. The molecule has 0 amide bonds. The molecule has 2 N–H and O–H groups in total. The predicted octanol–water partition coefficient (Wildman–Crippen LogP) is 0.874. The lowest BCUT2D eigenvalue weighted by atomic mass is 10.2. The minimum absolute atomic E-state index is 0.602. The van der Waals surface area contributed by atoms with Crippen LogP contribution in [0.3, 0.4) is 0 Å². The summed E-state index contributed by atoms with van der Waals surface area (Å²) < 4.78 is 5.84. The van der Waals surface area contributed by atoms with Crippen LogP contribution < -0.4 is 9.80 Å². The molecule has 26 heavy (non-hydrogen) atoms. The molecule has 4 rings (SSSR count). The lowest BCUT2D eigenvalue weighted by Gasteiger charge is -2.29. The van der Waals surface area contributed by atoms with Gasteiger partial charge in [-0.05, 0) is 24.3 Å². The fraction of sp³-hybridized carbons (Fsp3) is 0.300. The number of quaternary nitrogens is 2. The summed E-state index contributed by atoms with van der Waals surface area (Å²) in [6, 6.07) is 18.1. The van der Waals surface area contributed by atoms with Crippen molar-refractivity contribution in [3.05, 3.63) is 71.1 Å². The zero-order valence-electron chi connectivity index (χ0n) is 14.6. The van der Waals surface area contributed by atoms with Gasteiger partial charge in [0, 0.05) is 16.1 Å². The average Bonchev–Trinajstić information content (AvgIpc) is 3.13. The van der Waals surface area contributed by atoms with Gasteiger partial charge in [-0.25, -0.2) is 0 Å². The van der Waals surface area contributed by atoms with Crippen molar-refractivity contribution in [2.45, 2.75) is 13.1 Å². The van der Waals surface area contributed by atoms with Gasteiger partial charge in [0.1, 0.15) is 32.7 Å². The first-order valence-corrected chi connectivity index (χ1v) is 9.43. The fourth-order valence-corrected chi connectivity index (χ4v) is 3.70. The first-order chi connectivity index (χ1) is 12.8. The summed E-state index contributed by atoms with van der Waals surface area (Å²) in [5.41, 5.74) is 2.28. The lowest BCUT2D eigenvalue weighted by Crippen LogP contribution is -3.27. The summed E-state index contributed by atoms with van der Waals surface area (Å²) >= 11 is 6.09. The molecule has 0 saturated carbocycles. The van der Waals surface area contributed by atoms with E-state index in [2.05, 4.69) is 22.3 Å². The number of rotatable bonds is 5. The van der Waals surface area contributed by atoms with E-state index in [1.54, 1.807) is 4.90 Å². The zero-order chi connectivity index (χ0) is 17.8. The maximum atomic E-state index is 6.09.